The first-order valence-corrected chi connectivity index (χ1v) is 5.63. The van der Waals surface area contributed by atoms with Gasteiger partial charge in [-0.05, 0) is 32.1 Å². The number of amides is 1. The van der Waals surface area contributed by atoms with Crippen molar-refractivity contribution in [2.75, 3.05) is 6.54 Å². The molecule has 0 spiro atoms. The van der Waals surface area contributed by atoms with Crippen LogP contribution in [0, 0.1) is 5.92 Å². The van der Waals surface area contributed by atoms with Gasteiger partial charge in [0.25, 0.3) is 0 Å². The SMILES string of the molecule is CCCC(C)(N)C(=O)NCC1CCC1. The maximum absolute atomic E-state index is 11.7. The maximum Gasteiger partial charge on any atom is 0.239 e. The summed E-state index contributed by atoms with van der Waals surface area (Å²) in [6, 6.07) is 0. The molecule has 3 nitrogen and oxygen atoms in total. The molecule has 1 fully saturated rings. The number of carbonyl (C=O) groups is 1. The zero-order chi connectivity index (χ0) is 10.6. The van der Waals surface area contributed by atoms with Crippen molar-refractivity contribution in [3.8, 4) is 0 Å². The van der Waals surface area contributed by atoms with Crippen LogP contribution in [0.25, 0.3) is 0 Å². The number of nitrogens with one attached hydrogen (secondary N) is 1. The molecule has 0 aliphatic heterocycles. The molecule has 3 N–H and O–H groups in total. The molecular weight excluding hydrogens is 176 g/mol. The predicted molar refractivity (Wildman–Crippen MR) is 57.9 cm³/mol. The molecule has 0 aromatic carbocycles. The molecular formula is C11H22N2O. The van der Waals surface area contributed by atoms with E-state index in [2.05, 4.69) is 5.32 Å². The van der Waals surface area contributed by atoms with Crippen molar-refractivity contribution in [2.24, 2.45) is 11.7 Å². The average molecular weight is 198 g/mol. The van der Waals surface area contributed by atoms with E-state index in [9.17, 15) is 4.79 Å². The third-order valence-electron chi connectivity index (χ3n) is 3.06. The molecule has 1 amide bonds. The summed E-state index contributed by atoms with van der Waals surface area (Å²) in [5, 5.41) is 2.95. The summed E-state index contributed by atoms with van der Waals surface area (Å²) in [6.07, 6.45) is 5.54. The lowest BCUT2D eigenvalue weighted by Gasteiger charge is -2.28. The van der Waals surface area contributed by atoms with Crippen LogP contribution < -0.4 is 11.1 Å². The van der Waals surface area contributed by atoms with Crippen LogP contribution in [-0.4, -0.2) is 18.0 Å². The lowest BCUT2D eigenvalue weighted by Crippen LogP contribution is -2.52. The van der Waals surface area contributed by atoms with Crippen LogP contribution >= 0.6 is 0 Å². The minimum Gasteiger partial charge on any atom is -0.354 e. The molecule has 0 saturated heterocycles. The Balaban J connectivity index is 2.24. The highest BCUT2D eigenvalue weighted by atomic mass is 16.2. The van der Waals surface area contributed by atoms with Gasteiger partial charge in [0.15, 0.2) is 0 Å². The first-order valence-electron chi connectivity index (χ1n) is 5.63. The second-order valence-corrected chi connectivity index (χ2v) is 4.67. The number of hydrogen-bond donors (Lipinski definition) is 2. The Bertz CT molecular complexity index is 197. The fourth-order valence-corrected chi connectivity index (χ4v) is 1.77. The molecule has 82 valence electrons. The zero-order valence-electron chi connectivity index (χ0n) is 9.31. The number of nitrogens with two attached hydrogens (primary N) is 1. The van der Waals surface area contributed by atoms with E-state index in [4.69, 9.17) is 5.73 Å². The first kappa shape index (κ1) is 11.5. The van der Waals surface area contributed by atoms with Crippen molar-refractivity contribution in [3.63, 3.8) is 0 Å². The summed E-state index contributed by atoms with van der Waals surface area (Å²) in [5.41, 5.74) is 5.22. The molecule has 14 heavy (non-hydrogen) atoms. The molecule has 1 rings (SSSR count). The van der Waals surface area contributed by atoms with Crippen LogP contribution in [0.3, 0.4) is 0 Å². The van der Waals surface area contributed by atoms with E-state index >= 15 is 0 Å². The highest BCUT2D eigenvalue weighted by molar-refractivity contribution is 5.85. The normalized spacial score (nSPS) is 21.1. The minimum absolute atomic E-state index is 0.00579. The van der Waals surface area contributed by atoms with E-state index in [1.54, 1.807) is 0 Å². The van der Waals surface area contributed by atoms with Crippen molar-refractivity contribution < 1.29 is 4.79 Å². The van der Waals surface area contributed by atoms with Gasteiger partial charge in [0.05, 0.1) is 5.54 Å². The van der Waals surface area contributed by atoms with Crippen molar-refractivity contribution in [2.45, 2.75) is 51.5 Å². The van der Waals surface area contributed by atoms with Gasteiger partial charge in [0.1, 0.15) is 0 Å². The standard InChI is InChI=1S/C11H22N2O/c1-3-7-11(2,12)10(14)13-8-9-5-4-6-9/h9H,3-8,12H2,1-2H3,(H,13,14). The second-order valence-electron chi connectivity index (χ2n) is 4.67. The van der Waals surface area contributed by atoms with Gasteiger partial charge < -0.3 is 11.1 Å². The van der Waals surface area contributed by atoms with Crippen LogP contribution in [0.5, 0.6) is 0 Å². The van der Waals surface area contributed by atoms with Crippen LogP contribution in [-0.2, 0) is 4.79 Å². The molecule has 0 bridgehead atoms. The van der Waals surface area contributed by atoms with E-state index in [0.29, 0.717) is 5.92 Å². The molecule has 1 saturated carbocycles. The molecule has 0 radical (unpaired) electrons. The smallest absolute Gasteiger partial charge is 0.239 e. The summed E-state index contributed by atoms with van der Waals surface area (Å²) in [5.74, 6) is 0.711. The monoisotopic (exact) mass is 198 g/mol. The Labute approximate surface area is 86.4 Å². The number of hydrogen-bond acceptors (Lipinski definition) is 2. The quantitative estimate of drug-likeness (QED) is 0.702. The van der Waals surface area contributed by atoms with E-state index in [1.807, 2.05) is 13.8 Å². The van der Waals surface area contributed by atoms with Gasteiger partial charge in [-0.25, -0.2) is 0 Å². The Morgan fingerprint density at radius 2 is 2.21 bits per heavy atom. The fraction of sp³-hybridized carbons (Fsp3) is 0.909. The van der Waals surface area contributed by atoms with Crippen LogP contribution in [0.1, 0.15) is 46.0 Å². The summed E-state index contributed by atoms with van der Waals surface area (Å²) in [7, 11) is 0. The van der Waals surface area contributed by atoms with Gasteiger partial charge in [-0.2, -0.15) is 0 Å². The van der Waals surface area contributed by atoms with E-state index in [0.717, 1.165) is 19.4 Å². The maximum atomic E-state index is 11.7. The number of carbonyl (C=O) groups excluding carboxylic acids is 1. The fourth-order valence-electron chi connectivity index (χ4n) is 1.77. The lowest BCUT2D eigenvalue weighted by atomic mass is 9.85. The Morgan fingerprint density at radius 3 is 2.64 bits per heavy atom. The number of rotatable bonds is 5. The average Bonchev–Trinajstić information content (AvgIpc) is 2.01. The van der Waals surface area contributed by atoms with E-state index < -0.39 is 5.54 Å². The summed E-state index contributed by atoms with van der Waals surface area (Å²) >= 11 is 0. The molecule has 3 heteroatoms. The minimum atomic E-state index is -0.682. The van der Waals surface area contributed by atoms with Gasteiger partial charge in [-0.1, -0.05) is 19.8 Å². The van der Waals surface area contributed by atoms with Gasteiger partial charge in [-0.3, -0.25) is 4.79 Å². The molecule has 0 aromatic heterocycles. The highest BCUT2D eigenvalue weighted by Gasteiger charge is 2.28. The summed E-state index contributed by atoms with van der Waals surface area (Å²) < 4.78 is 0. The predicted octanol–water partition coefficient (Wildman–Crippen LogP) is 1.42. The van der Waals surface area contributed by atoms with Gasteiger partial charge >= 0.3 is 0 Å². The van der Waals surface area contributed by atoms with E-state index in [1.165, 1.54) is 19.3 Å². The molecule has 0 aromatic rings. The largest absolute Gasteiger partial charge is 0.354 e. The van der Waals surface area contributed by atoms with Crippen molar-refractivity contribution in [3.05, 3.63) is 0 Å². The second kappa shape index (κ2) is 4.78. The van der Waals surface area contributed by atoms with E-state index in [-0.39, 0.29) is 5.91 Å². The van der Waals surface area contributed by atoms with Crippen molar-refractivity contribution >= 4 is 5.91 Å². The van der Waals surface area contributed by atoms with Crippen LogP contribution in [0.2, 0.25) is 0 Å². The first-order chi connectivity index (χ1) is 6.56. The van der Waals surface area contributed by atoms with Crippen LogP contribution in [0.4, 0.5) is 0 Å². The van der Waals surface area contributed by atoms with Crippen molar-refractivity contribution in [1.29, 1.82) is 0 Å². The van der Waals surface area contributed by atoms with Crippen LogP contribution in [0.15, 0.2) is 0 Å². The third-order valence-corrected chi connectivity index (χ3v) is 3.06. The molecule has 1 unspecified atom stereocenters. The van der Waals surface area contributed by atoms with Gasteiger partial charge in [0, 0.05) is 6.54 Å². The molecule has 1 aliphatic carbocycles. The van der Waals surface area contributed by atoms with Crippen molar-refractivity contribution in [1.82, 2.24) is 5.32 Å². The summed E-state index contributed by atoms with van der Waals surface area (Å²) in [6.45, 7) is 4.67. The third kappa shape index (κ3) is 2.98. The lowest BCUT2D eigenvalue weighted by molar-refractivity contribution is -0.126. The highest BCUT2D eigenvalue weighted by Crippen LogP contribution is 2.25. The van der Waals surface area contributed by atoms with Gasteiger partial charge in [0.2, 0.25) is 5.91 Å². The Morgan fingerprint density at radius 1 is 1.57 bits per heavy atom. The Kier molecular flexibility index (Phi) is 3.93. The van der Waals surface area contributed by atoms with Gasteiger partial charge in [-0.15, -0.1) is 0 Å². The zero-order valence-corrected chi connectivity index (χ0v) is 9.31. The topological polar surface area (TPSA) is 55.1 Å². The molecule has 1 atom stereocenters. The summed E-state index contributed by atoms with van der Waals surface area (Å²) in [4.78, 5) is 11.7. The Hall–Kier alpha value is -0.570. The molecule has 0 heterocycles. The molecule has 1 aliphatic rings.